The fraction of sp³-hybridized carbons (Fsp3) is 0.222. The second kappa shape index (κ2) is 28.4. The van der Waals surface area contributed by atoms with Crippen molar-refractivity contribution < 1.29 is 98.2 Å². The number of rotatable bonds is 6. The van der Waals surface area contributed by atoms with Crippen molar-refractivity contribution in [2.24, 2.45) is 0 Å². The Balaban J connectivity index is 1.05. The van der Waals surface area contributed by atoms with Crippen molar-refractivity contribution in [1.82, 2.24) is 42.1 Å². The summed E-state index contributed by atoms with van der Waals surface area (Å²) >= 11 is 20.0. The Kier molecular flexibility index (Phi) is 19.6. The molecule has 14 rings (SSSR count). The molecular weight excluding hydrogens is 1400 g/mol. The third kappa shape index (κ3) is 15.2. The highest BCUT2D eigenvalue weighted by Crippen LogP contribution is 2.50. The van der Waals surface area contributed by atoms with Crippen molar-refractivity contribution in [3.05, 3.63) is 199 Å². The molecule has 8 atom stereocenters. The number of halogens is 3. The zero-order chi connectivity index (χ0) is 73.8. The second-order valence-corrected chi connectivity index (χ2v) is 27.0. The van der Waals surface area contributed by atoms with Crippen LogP contribution in [0.4, 0.5) is 4.79 Å². The van der Waals surface area contributed by atoms with E-state index in [2.05, 4.69) is 37.2 Å². The Hall–Kier alpha value is -11.7. The number of nitrogens with one attached hydrogen (secondary N) is 7. The molecule has 6 aliphatic heterocycles. The number of aromatic hydroxyl groups is 6. The Labute approximate surface area is 599 Å². The number of phenols is 6. The van der Waals surface area contributed by atoms with Crippen LogP contribution in [0.2, 0.25) is 15.1 Å². The molecule has 28 nitrogen and oxygen atoms in total. The number of aliphatic carboxylic acids is 1. The molecule has 0 aliphatic carbocycles. The van der Waals surface area contributed by atoms with Crippen LogP contribution in [0.5, 0.6) is 69.0 Å². The maximum absolute atomic E-state index is 16.1. The number of hydrogen-bond acceptors (Lipinski definition) is 20. The number of carbonyl (C=O) groups is 8. The number of benzene rings is 8. The molecule has 6 aliphatic rings. The van der Waals surface area contributed by atoms with E-state index in [9.17, 15) is 55.2 Å². The number of carboxylic acid groups (broad SMARTS) is 1. The average molecular weight is 1470 g/mol. The van der Waals surface area contributed by atoms with Crippen LogP contribution in [0, 0.1) is 0 Å². The third-order valence-electron chi connectivity index (χ3n) is 17.1. The Morgan fingerprint density at radius 2 is 1.15 bits per heavy atom. The highest BCUT2D eigenvalue weighted by Gasteiger charge is 2.42. The minimum Gasteiger partial charge on any atom is -0.508 e. The van der Waals surface area contributed by atoms with Crippen LogP contribution in [0.1, 0.15) is 107 Å². The van der Waals surface area contributed by atoms with Gasteiger partial charge in [0.2, 0.25) is 41.2 Å². The van der Waals surface area contributed by atoms with Crippen LogP contribution in [-0.4, -0.2) is 118 Å². The van der Waals surface area contributed by atoms with Crippen molar-refractivity contribution in [3.8, 4) is 80.1 Å². The molecule has 0 saturated carbocycles. The molecule has 8 aromatic rings. The maximum atomic E-state index is 16.1. The Morgan fingerprint density at radius 1 is 0.553 bits per heavy atom. The summed E-state index contributed by atoms with van der Waals surface area (Å²) in [5.41, 5.74) is -3.01. The van der Waals surface area contributed by atoms with E-state index < -0.39 is 171 Å². The summed E-state index contributed by atoms with van der Waals surface area (Å²) in [6.45, 7) is 4.66. The number of ether oxygens (including phenoxy) is 4. The highest BCUT2D eigenvalue weighted by molar-refractivity contribution is 6.32. The molecule has 0 radical (unpaired) electrons. The number of nitrogens with zero attached hydrogens (tertiary/aromatic N) is 1. The quantitative estimate of drug-likeness (QED) is 0.0738. The van der Waals surface area contributed by atoms with E-state index >= 15 is 24.0 Å². The molecule has 0 aromatic heterocycles. The number of amides is 7. The summed E-state index contributed by atoms with van der Waals surface area (Å²) in [4.78, 5) is 122. The number of carboxylic acids is 1. The molecule has 8 aromatic carbocycles. The van der Waals surface area contributed by atoms with Crippen LogP contribution in [-0.2, 0) is 57.8 Å². The van der Waals surface area contributed by atoms with Gasteiger partial charge in [0.15, 0.2) is 29.0 Å². The van der Waals surface area contributed by atoms with Gasteiger partial charge in [-0.2, -0.15) is 0 Å². The van der Waals surface area contributed by atoms with Crippen LogP contribution in [0.15, 0.2) is 133 Å². The zero-order valence-electron chi connectivity index (χ0n) is 54.5. The molecule has 17 bridgehead atoms. The first-order valence-corrected chi connectivity index (χ1v) is 32.7. The van der Waals surface area contributed by atoms with Crippen molar-refractivity contribution in [3.63, 3.8) is 0 Å². The highest BCUT2D eigenvalue weighted by atomic mass is 35.5. The van der Waals surface area contributed by atoms with Crippen LogP contribution in [0.25, 0.3) is 11.1 Å². The fourth-order valence-electron chi connectivity index (χ4n) is 12.2. The number of phenolic OH excluding ortho intramolecular Hbond substituents is 6. The normalized spacial score (nSPS) is 20.4. The average Bonchev–Trinajstić information content (AvgIpc) is 0.760. The van der Waals surface area contributed by atoms with Gasteiger partial charge in [-0.05, 0) is 158 Å². The van der Waals surface area contributed by atoms with Gasteiger partial charge in [-0.1, -0.05) is 71.2 Å². The zero-order valence-corrected chi connectivity index (χ0v) is 56.8. The molecule has 7 amide bonds. The van der Waals surface area contributed by atoms with Gasteiger partial charge < -0.3 is 97.0 Å². The molecule has 532 valence electrons. The van der Waals surface area contributed by atoms with Crippen LogP contribution < -0.4 is 51.4 Å². The third-order valence-corrected chi connectivity index (χ3v) is 18.0. The summed E-state index contributed by atoms with van der Waals surface area (Å²) in [5.74, 6) is -15.8. The summed E-state index contributed by atoms with van der Waals surface area (Å²) in [6.07, 6.45) is -3.72. The SMILES string of the molecule is CN(Cc1ccc(Cl)cc1)Cc1c(O)cc2c(c1O)-c1cc(ccc1O)[C@@H]1NC(=O)[C@H]3NC(=O)[C@H]4NC(=O)[C@H](Cc5ccc(c(Cl)c5)Oc5cc3cc(c5O)Oc3ccc(cc3Cl)C(O)[C@H](NC1=O)C(=O)N[C@@H]2C(=O)O)NC(=O)[C@H](NC(=O)OC(C)(C)C)c1ccc(O)c(c1)Oc1cc(O)cc4c1. The predicted molar refractivity (Wildman–Crippen MR) is 367 cm³/mol. The molecule has 6 heterocycles. The summed E-state index contributed by atoms with van der Waals surface area (Å²) in [7, 11) is 1.64. The number of aliphatic hydroxyl groups excluding tert-OH is 1. The van der Waals surface area contributed by atoms with E-state index in [0.717, 1.165) is 66.2 Å². The van der Waals surface area contributed by atoms with Gasteiger partial charge in [-0.3, -0.25) is 33.7 Å². The van der Waals surface area contributed by atoms with E-state index in [4.69, 9.17) is 53.8 Å². The summed E-state index contributed by atoms with van der Waals surface area (Å²) in [5, 5.41) is 112. The van der Waals surface area contributed by atoms with E-state index in [-0.39, 0.29) is 85.1 Å². The molecular formula is C72H63Cl3N8O20. The van der Waals surface area contributed by atoms with Crippen LogP contribution >= 0.6 is 34.8 Å². The fourth-order valence-corrected chi connectivity index (χ4v) is 12.8. The minimum absolute atomic E-state index is 0.0143. The van der Waals surface area contributed by atoms with Crippen molar-refractivity contribution in [1.29, 1.82) is 0 Å². The van der Waals surface area contributed by atoms with Gasteiger partial charge in [-0.25, -0.2) is 9.59 Å². The van der Waals surface area contributed by atoms with Gasteiger partial charge in [0.1, 0.15) is 88.2 Å². The number of alkyl carbamates (subject to hydrolysis) is 1. The van der Waals surface area contributed by atoms with Gasteiger partial charge in [-0.15, -0.1) is 0 Å². The molecule has 1 unspecified atom stereocenters. The van der Waals surface area contributed by atoms with Gasteiger partial charge in [0.25, 0.3) is 0 Å². The molecule has 0 saturated heterocycles. The standard InChI is InChI=1S/C72H63Cl3N8O20/c1-72(2,3)103-71(99)82-56-33-9-14-47(86)51(23-33)100-39-20-35(19-38(84)26-39)57-67(94)79-58-36-24-52(101-49-15-7-31(17-43(49)74)18-45(64(91)77-57)76-65(56)92)63(90)53(25-36)102-50-16-10-34(22-44(50)75)61(88)60-69(96)80-59(70(97)98)41-27-48(87)42(29-83(4)28-30-5-11-37(73)12-6-30)62(89)54(41)40-21-32(8-13-46(40)85)55(66(93)81-60)78-68(58)95/h5-17,19-27,45,55-61,84-90H,18,28-29H2,1-4H3,(H,76,92)(H,77,91)(H,78,95)(H,79,94)(H,80,96)(H,81,93)(H,82,99)(H,97,98)/t45-,55-,56+,57-,58-,59-,60-,61?/m0/s1. The number of carbonyl (C=O) groups excluding carboxylic acids is 7. The molecule has 0 spiro atoms. The van der Waals surface area contributed by atoms with E-state index in [1.165, 1.54) is 48.5 Å². The molecule has 0 fully saturated rings. The topological polar surface area (TPSA) is 423 Å². The Bertz CT molecular complexity index is 4840. The lowest BCUT2D eigenvalue weighted by Crippen LogP contribution is -2.55. The summed E-state index contributed by atoms with van der Waals surface area (Å²) in [6, 6.07) is 13.1. The van der Waals surface area contributed by atoms with E-state index in [0.29, 0.717) is 5.02 Å². The Morgan fingerprint density at radius 3 is 1.80 bits per heavy atom. The van der Waals surface area contributed by atoms with E-state index in [1.807, 2.05) is 0 Å². The number of aliphatic hydroxyl groups is 1. The van der Waals surface area contributed by atoms with Crippen LogP contribution in [0.3, 0.4) is 0 Å². The van der Waals surface area contributed by atoms with Gasteiger partial charge in [0.05, 0.1) is 15.6 Å². The summed E-state index contributed by atoms with van der Waals surface area (Å²) < 4.78 is 24.2. The predicted octanol–water partition coefficient (Wildman–Crippen LogP) is 8.84. The van der Waals surface area contributed by atoms with Crippen molar-refractivity contribution in [2.45, 2.75) is 94.3 Å². The van der Waals surface area contributed by atoms with Gasteiger partial charge in [0, 0.05) is 47.3 Å². The molecule has 103 heavy (non-hydrogen) atoms. The second-order valence-electron chi connectivity index (χ2n) is 25.8. The lowest BCUT2D eigenvalue weighted by Gasteiger charge is -2.31. The smallest absolute Gasteiger partial charge is 0.408 e. The lowest BCUT2D eigenvalue weighted by atomic mass is 9.88. The lowest BCUT2D eigenvalue weighted by molar-refractivity contribution is -0.143. The molecule has 15 N–H and O–H groups in total. The first-order chi connectivity index (χ1) is 48.8. The van der Waals surface area contributed by atoms with Gasteiger partial charge >= 0.3 is 12.1 Å². The molecule has 31 heteroatoms. The minimum atomic E-state index is -2.26. The monoisotopic (exact) mass is 1460 g/mol. The number of hydrogen-bond donors (Lipinski definition) is 15. The number of fused-ring (bicyclic) bond motifs is 14. The van der Waals surface area contributed by atoms with E-state index in [1.54, 1.807) is 57.0 Å². The maximum Gasteiger partial charge on any atom is 0.408 e. The van der Waals surface area contributed by atoms with Crippen molar-refractivity contribution >= 4 is 82.3 Å². The first-order valence-electron chi connectivity index (χ1n) is 31.5. The van der Waals surface area contributed by atoms with Crippen molar-refractivity contribution in [2.75, 3.05) is 7.05 Å². The first kappa shape index (κ1) is 71.1. The largest absolute Gasteiger partial charge is 0.508 e.